The van der Waals surface area contributed by atoms with Crippen LogP contribution in [0.3, 0.4) is 0 Å². The van der Waals surface area contributed by atoms with Gasteiger partial charge in [-0.3, -0.25) is 9.80 Å². The molecule has 0 atom stereocenters. The van der Waals surface area contributed by atoms with Crippen molar-refractivity contribution in [2.24, 2.45) is 0 Å². The maximum absolute atomic E-state index is 6.08. The second-order valence-corrected chi connectivity index (χ2v) is 7.51. The molecule has 0 unspecified atom stereocenters. The molecule has 28 heavy (non-hydrogen) atoms. The van der Waals surface area contributed by atoms with E-state index in [9.17, 15) is 0 Å². The van der Waals surface area contributed by atoms with Crippen molar-refractivity contribution in [3.63, 3.8) is 0 Å². The first-order valence-electron chi connectivity index (χ1n) is 9.96. The van der Waals surface area contributed by atoms with E-state index >= 15 is 0 Å². The lowest BCUT2D eigenvalue weighted by molar-refractivity contribution is 0.193. The maximum atomic E-state index is 6.08. The highest BCUT2D eigenvalue weighted by Crippen LogP contribution is 2.11. The Kier molecular flexibility index (Phi) is 8.57. The highest BCUT2D eigenvalue weighted by Gasteiger charge is 2.11. The molecule has 0 aliphatic carbocycles. The first kappa shape index (κ1) is 20.6. The van der Waals surface area contributed by atoms with Gasteiger partial charge in [0, 0.05) is 45.1 Å². The van der Waals surface area contributed by atoms with Crippen LogP contribution >= 0.6 is 11.6 Å². The molecule has 146 valence electrons. The Hall–Kier alpha value is -2.13. The third-order valence-electron chi connectivity index (χ3n) is 4.88. The Bertz CT molecular complexity index is 736. The van der Waals surface area contributed by atoms with Gasteiger partial charge in [-0.25, -0.2) is 0 Å². The number of rotatable bonds is 11. The SMILES string of the molecule is ClCCN(CCN(Cc1ccccc1)Cc1ccccc1)Cc1ccccc1. The zero-order chi connectivity index (χ0) is 19.4. The van der Waals surface area contributed by atoms with Crippen LogP contribution in [0, 0.1) is 0 Å². The number of benzene rings is 3. The van der Waals surface area contributed by atoms with Gasteiger partial charge in [0.1, 0.15) is 0 Å². The molecule has 0 aliphatic rings. The predicted octanol–water partition coefficient (Wildman–Crippen LogP) is 5.43. The number of halogens is 1. The molecule has 3 heteroatoms. The van der Waals surface area contributed by atoms with Crippen LogP contribution in [0.25, 0.3) is 0 Å². The second-order valence-electron chi connectivity index (χ2n) is 7.13. The Labute approximate surface area is 174 Å². The van der Waals surface area contributed by atoms with Crippen molar-refractivity contribution in [3.05, 3.63) is 108 Å². The molecule has 0 amide bonds. The topological polar surface area (TPSA) is 6.48 Å². The zero-order valence-corrected chi connectivity index (χ0v) is 17.1. The van der Waals surface area contributed by atoms with Crippen LogP contribution in [0.15, 0.2) is 91.0 Å². The van der Waals surface area contributed by atoms with E-state index < -0.39 is 0 Å². The summed E-state index contributed by atoms with van der Waals surface area (Å²) in [4.78, 5) is 4.97. The number of nitrogens with zero attached hydrogens (tertiary/aromatic N) is 2. The minimum Gasteiger partial charge on any atom is -0.297 e. The molecule has 0 N–H and O–H groups in total. The molecule has 3 rings (SSSR count). The van der Waals surface area contributed by atoms with Gasteiger partial charge >= 0.3 is 0 Å². The lowest BCUT2D eigenvalue weighted by atomic mass is 10.1. The van der Waals surface area contributed by atoms with Crippen LogP contribution < -0.4 is 0 Å². The fourth-order valence-electron chi connectivity index (χ4n) is 3.41. The largest absolute Gasteiger partial charge is 0.297 e. The summed E-state index contributed by atoms with van der Waals surface area (Å²) in [6, 6.07) is 32.1. The highest BCUT2D eigenvalue weighted by molar-refractivity contribution is 6.18. The number of alkyl halides is 1. The van der Waals surface area contributed by atoms with Gasteiger partial charge in [-0.15, -0.1) is 11.6 Å². The van der Waals surface area contributed by atoms with Crippen molar-refractivity contribution in [3.8, 4) is 0 Å². The summed E-state index contributed by atoms with van der Waals surface area (Å²) in [5.74, 6) is 0.657. The minimum absolute atomic E-state index is 0.657. The van der Waals surface area contributed by atoms with Gasteiger partial charge in [-0.1, -0.05) is 91.0 Å². The lowest BCUT2D eigenvalue weighted by Gasteiger charge is -2.27. The van der Waals surface area contributed by atoms with Crippen LogP contribution in [0.2, 0.25) is 0 Å². The molecule has 0 saturated heterocycles. The molecule has 0 bridgehead atoms. The number of hydrogen-bond acceptors (Lipinski definition) is 2. The van der Waals surface area contributed by atoms with Gasteiger partial charge in [0.25, 0.3) is 0 Å². The van der Waals surface area contributed by atoms with Gasteiger partial charge < -0.3 is 0 Å². The van der Waals surface area contributed by atoms with Crippen molar-refractivity contribution in [2.45, 2.75) is 19.6 Å². The van der Waals surface area contributed by atoms with E-state index in [-0.39, 0.29) is 0 Å². The van der Waals surface area contributed by atoms with Gasteiger partial charge in [0.2, 0.25) is 0 Å². The van der Waals surface area contributed by atoms with Crippen LogP contribution in [0.5, 0.6) is 0 Å². The van der Waals surface area contributed by atoms with Crippen molar-refractivity contribution in [1.29, 1.82) is 0 Å². The Balaban J connectivity index is 1.64. The van der Waals surface area contributed by atoms with Gasteiger partial charge in [-0.05, 0) is 16.7 Å². The molecule has 2 nitrogen and oxygen atoms in total. The molecule has 0 spiro atoms. The summed E-state index contributed by atoms with van der Waals surface area (Å²) in [6.45, 7) is 5.76. The van der Waals surface area contributed by atoms with Gasteiger partial charge in [0.15, 0.2) is 0 Å². The summed E-state index contributed by atoms with van der Waals surface area (Å²) >= 11 is 6.08. The molecule has 0 saturated carbocycles. The molecular weight excluding hydrogens is 364 g/mol. The first-order valence-corrected chi connectivity index (χ1v) is 10.5. The lowest BCUT2D eigenvalue weighted by Crippen LogP contribution is -2.35. The van der Waals surface area contributed by atoms with E-state index in [1.807, 2.05) is 0 Å². The average molecular weight is 393 g/mol. The summed E-state index contributed by atoms with van der Waals surface area (Å²) in [5, 5.41) is 0. The first-order chi connectivity index (χ1) is 13.8. The van der Waals surface area contributed by atoms with Crippen LogP contribution in [0.1, 0.15) is 16.7 Å². The van der Waals surface area contributed by atoms with E-state index in [0.717, 1.165) is 39.3 Å². The normalized spacial score (nSPS) is 11.2. The summed E-state index contributed by atoms with van der Waals surface area (Å²) < 4.78 is 0. The van der Waals surface area contributed by atoms with E-state index in [4.69, 9.17) is 11.6 Å². The predicted molar refractivity (Wildman–Crippen MR) is 119 cm³/mol. The number of hydrogen-bond donors (Lipinski definition) is 0. The molecule has 0 aliphatic heterocycles. The third-order valence-corrected chi connectivity index (χ3v) is 5.05. The van der Waals surface area contributed by atoms with Crippen LogP contribution in [0.4, 0.5) is 0 Å². The van der Waals surface area contributed by atoms with Crippen molar-refractivity contribution in [1.82, 2.24) is 9.80 Å². The van der Waals surface area contributed by atoms with Crippen LogP contribution in [-0.4, -0.2) is 35.3 Å². The van der Waals surface area contributed by atoms with E-state index in [0.29, 0.717) is 5.88 Å². The summed E-state index contributed by atoms with van der Waals surface area (Å²) in [6.07, 6.45) is 0. The fraction of sp³-hybridized carbons (Fsp3) is 0.280. The molecule has 0 fully saturated rings. The van der Waals surface area contributed by atoms with Gasteiger partial charge in [0.05, 0.1) is 0 Å². The summed E-state index contributed by atoms with van der Waals surface area (Å²) in [7, 11) is 0. The molecule has 0 heterocycles. The van der Waals surface area contributed by atoms with E-state index in [2.05, 4.69) is 101 Å². The van der Waals surface area contributed by atoms with Crippen molar-refractivity contribution in [2.75, 3.05) is 25.5 Å². The third kappa shape index (κ3) is 7.12. The molecule has 3 aromatic rings. The van der Waals surface area contributed by atoms with E-state index in [1.165, 1.54) is 16.7 Å². The van der Waals surface area contributed by atoms with E-state index in [1.54, 1.807) is 0 Å². The van der Waals surface area contributed by atoms with Crippen molar-refractivity contribution >= 4 is 11.6 Å². The smallest absolute Gasteiger partial charge is 0.0351 e. The minimum atomic E-state index is 0.657. The average Bonchev–Trinajstić information content (AvgIpc) is 2.74. The maximum Gasteiger partial charge on any atom is 0.0351 e. The monoisotopic (exact) mass is 392 g/mol. The Morgan fingerprint density at radius 2 is 0.821 bits per heavy atom. The molecular formula is C25H29ClN2. The molecule has 0 radical (unpaired) electrons. The second kappa shape index (κ2) is 11.7. The van der Waals surface area contributed by atoms with Crippen molar-refractivity contribution < 1.29 is 0 Å². The highest BCUT2D eigenvalue weighted by atomic mass is 35.5. The van der Waals surface area contributed by atoms with Gasteiger partial charge in [-0.2, -0.15) is 0 Å². The van der Waals surface area contributed by atoms with Crippen LogP contribution in [-0.2, 0) is 19.6 Å². The summed E-state index contributed by atoms with van der Waals surface area (Å²) in [5.41, 5.74) is 4.04. The zero-order valence-electron chi connectivity index (χ0n) is 16.4. The standard InChI is InChI=1S/C25H29ClN2/c26-16-17-27(20-23-10-4-1-5-11-23)18-19-28(21-24-12-6-2-7-13-24)22-25-14-8-3-9-15-25/h1-15H,16-22H2. The fourth-order valence-corrected chi connectivity index (χ4v) is 3.65. The Morgan fingerprint density at radius 3 is 1.21 bits per heavy atom. The Morgan fingerprint density at radius 1 is 0.464 bits per heavy atom. The molecule has 0 aromatic heterocycles. The quantitative estimate of drug-likeness (QED) is 0.401. The molecule has 3 aromatic carbocycles.